The summed E-state index contributed by atoms with van der Waals surface area (Å²) in [5, 5.41) is 6.45. The van der Waals surface area contributed by atoms with Crippen LogP contribution in [0.15, 0.2) is 60.8 Å². The molecule has 0 unspecified atom stereocenters. The number of carbonyl (C=O) groups is 2. The number of fused-ring (bicyclic) bond motifs is 4. The highest BCUT2D eigenvalue weighted by Gasteiger charge is 2.42. The van der Waals surface area contributed by atoms with E-state index in [1.54, 1.807) is 42.2 Å². The molecule has 1 saturated heterocycles. The number of piperidine rings is 1. The van der Waals surface area contributed by atoms with Crippen LogP contribution in [0.3, 0.4) is 0 Å². The number of hydrogen-bond donors (Lipinski definition) is 2. The first-order valence-electron chi connectivity index (χ1n) is 11.1. The maximum absolute atomic E-state index is 13.9. The molecule has 3 aromatic rings. The molecular formula is C25H25FN4O3. The average Bonchev–Trinajstić information content (AvgIpc) is 3.31. The van der Waals surface area contributed by atoms with E-state index < -0.39 is 5.97 Å². The molecule has 170 valence electrons. The SMILES string of the molecule is CCOC(=O)c1cccc(NC(=O)N2CCC3(CC2)Nc2cc(F)ccc2-n2cccc23)c1. The van der Waals surface area contributed by atoms with Crippen molar-refractivity contribution in [2.75, 3.05) is 30.3 Å². The van der Waals surface area contributed by atoms with Crippen molar-refractivity contribution in [3.8, 4) is 5.69 Å². The van der Waals surface area contributed by atoms with Gasteiger partial charge in [0.25, 0.3) is 0 Å². The summed E-state index contributed by atoms with van der Waals surface area (Å²) in [4.78, 5) is 26.6. The van der Waals surface area contributed by atoms with Gasteiger partial charge in [-0.1, -0.05) is 6.07 Å². The van der Waals surface area contributed by atoms with Crippen molar-refractivity contribution < 1.29 is 18.7 Å². The van der Waals surface area contributed by atoms with Crippen LogP contribution in [0.25, 0.3) is 5.69 Å². The second kappa shape index (κ2) is 8.27. The molecule has 2 aromatic carbocycles. The Kier molecular flexibility index (Phi) is 5.28. The van der Waals surface area contributed by atoms with Gasteiger partial charge in [-0.25, -0.2) is 14.0 Å². The van der Waals surface area contributed by atoms with Crippen molar-refractivity contribution in [2.24, 2.45) is 0 Å². The van der Waals surface area contributed by atoms with Gasteiger partial charge in [-0.3, -0.25) is 0 Å². The maximum atomic E-state index is 13.9. The van der Waals surface area contributed by atoms with Crippen molar-refractivity contribution in [2.45, 2.75) is 25.3 Å². The first-order chi connectivity index (χ1) is 16.0. The molecule has 5 rings (SSSR count). The third kappa shape index (κ3) is 3.82. The van der Waals surface area contributed by atoms with Gasteiger partial charge in [-0.15, -0.1) is 0 Å². The number of nitrogens with one attached hydrogen (secondary N) is 2. The molecule has 0 aliphatic carbocycles. The number of esters is 1. The minimum atomic E-state index is -0.420. The molecule has 0 atom stereocenters. The number of ether oxygens (including phenoxy) is 1. The highest BCUT2D eigenvalue weighted by Crippen LogP contribution is 2.43. The zero-order valence-corrected chi connectivity index (χ0v) is 18.3. The lowest BCUT2D eigenvalue weighted by molar-refractivity contribution is 0.0526. The second-order valence-electron chi connectivity index (χ2n) is 8.35. The van der Waals surface area contributed by atoms with Gasteiger partial charge in [0, 0.05) is 30.7 Å². The van der Waals surface area contributed by atoms with Crippen LogP contribution in [-0.2, 0) is 10.3 Å². The number of halogens is 1. The van der Waals surface area contributed by atoms with E-state index in [1.807, 2.05) is 12.3 Å². The summed E-state index contributed by atoms with van der Waals surface area (Å²) in [5.74, 6) is -0.703. The van der Waals surface area contributed by atoms with E-state index in [4.69, 9.17) is 4.74 Å². The number of rotatable bonds is 3. The molecule has 2 N–H and O–H groups in total. The number of hydrogen-bond acceptors (Lipinski definition) is 4. The minimum Gasteiger partial charge on any atom is -0.462 e. The molecule has 7 nitrogen and oxygen atoms in total. The smallest absolute Gasteiger partial charge is 0.338 e. The van der Waals surface area contributed by atoms with Crippen molar-refractivity contribution in [1.29, 1.82) is 0 Å². The summed E-state index contributed by atoms with van der Waals surface area (Å²) in [5.41, 5.74) is 3.36. The lowest BCUT2D eigenvalue weighted by Crippen LogP contribution is -2.51. The van der Waals surface area contributed by atoms with Gasteiger partial charge in [0.05, 0.1) is 29.1 Å². The molecule has 1 aromatic heterocycles. The van der Waals surface area contributed by atoms with Crippen LogP contribution in [0.2, 0.25) is 0 Å². The van der Waals surface area contributed by atoms with E-state index in [1.165, 1.54) is 12.1 Å². The van der Waals surface area contributed by atoms with Crippen LogP contribution in [-0.4, -0.2) is 41.2 Å². The molecule has 2 aliphatic heterocycles. The highest BCUT2D eigenvalue weighted by atomic mass is 19.1. The fraction of sp³-hybridized carbons (Fsp3) is 0.280. The van der Waals surface area contributed by atoms with E-state index in [0.717, 1.165) is 17.1 Å². The number of urea groups is 1. The normalized spacial score (nSPS) is 15.9. The van der Waals surface area contributed by atoms with Crippen molar-refractivity contribution in [1.82, 2.24) is 9.47 Å². The molecular weight excluding hydrogens is 423 g/mol. The van der Waals surface area contributed by atoms with Gasteiger partial charge >= 0.3 is 12.0 Å². The molecule has 33 heavy (non-hydrogen) atoms. The van der Waals surface area contributed by atoms with Crippen LogP contribution in [0.1, 0.15) is 35.8 Å². The number of nitrogens with zero attached hydrogens (tertiary/aromatic N) is 2. The summed E-state index contributed by atoms with van der Waals surface area (Å²) in [6, 6.07) is 15.3. The molecule has 1 fully saturated rings. The molecule has 0 radical (unpaired) electrons. The van der Waals surface area contributed by atoms with Crippen molar-refractivity contribution in [3.05, 3.63) is 77.9 Å². The van der Waals surface area contributed by atoms with Gasteiger partial charge in [0.1, 0.15) is 5.82 Å². The van der Waals surface area contributed by atoms with Crippen molar-refractivity contribution in [3.63, 3.8) is 0 Å². The van der Waals surface area contributed by atoms with Crippen LogP contribution in [0, 0.1) is 5.82 Å². The van der Waals surface area contributed by atoms with E-state index >= 15 is 0 Å². The van der Waals surface area contributed by atoms with Crippen LogP contribution >= 0.6 is 0 Å². The summed E-state index contributed by atoms with van der Waals surface area (Å²) < 4.78 is 21.0. The number of benzene rings is 2. The van der Waals surface area contributed by atoms with Gasteiger partial charge < -0.3 is 24.8 Å². The van der Waals surface area contributed by atoms with E-state index in [2.05, 4.69) is 21.3 Å². The standard InChI is InChI=1S/C25H25FN4O3/c1-2-33-23(31)17-5-3-6-19(15-17)27-24(32)29-13-10-25(11-14-29)22-7-4-12-30(22)21-9-8-18(26)16-20(21)28-25/h3-9,12,15-16,28H,2,10-11,13-14H2,1H3,(H,27,32). The molecule has 1 spiro atoms. The second-order valence-corrected chi connectivity index (χ2v) is 8.35. The Morgan fingerprint density at radius 3 is 2.73 bits per heavy atom. The Hall–Kier alpha value is -3.81. The Bertz CT molecular complexity index is 1210. The molecule has 2 aliphatic rings. The van der Waals surface area contributed by atoms with Gasteiger partial charge in [-0.2, -0.15) is 0 Å². The quantitative estimate of drug-likeness (QED) is 0.568. The molecule has 0 bridgehead atoms. The third-order valence-corrected chi connectivity index (χ3v) is 6.36. The van der Waals surface area contributed by atoms with Gasteiger partial charge in [0.2, 0.25) is 0 Å². The molecule has 3 heterocycles. The Morgan fingerprint density at radius 1 is 1.12 bits per heavy atom. The monoisotopic (exact) mass is 448 g/mol. The fourth-order valence-corrected chi connectivity index (χ4v) is 4.73. The molecule has 0 saturated carbocycles. The van der Waals surface area contributed by atoms with Gasteiger partial charge in [-0.05, 0) is 68.3 Å². The van der Waals surface area contributed by atoms with E-state index in [0.29, 0.717) is 43.8 Å². The molecule has 2 amide bonds. The minimum absolute atomic E-state index is 0.219. The Labute approximate surface area is 191 Å². The topological polar surface area (TPSA) is 75.6 Å². The Balaban J connectivity index is 1.29. The van der Waals surface area contributed by atoms with E-state index in [-0.39, 0.29) is 17.4 Å². The fourth-order valence-electron chi connectivity index (χ4n) is 4.73. The zero-order valence-electron chi connectivity index (χ0n) is 18.3. The summed E-state index contributed by atoms with van der Waals surface area (Å²) in [6.45, 7) is 3.11. The van der Waals surface area contributed by atoms with Crippen molar-refractivity contribution >= 4 is 23.4 Å². The number of amides is 2. The molecule has 8 heteroatoms. The zero-order chi connectivity index (χ0) is 23.0. The number of aromatic nitrogens is 1. The first-order valence-corrected chi connectivity index (χ1v) is 11.1. The summed E-state index contributed by atoms with van der Waals surface area (Å²) >= 11 is 0. The predicted molar refractivity (Wildman–Crippen MR) is 123 cm³/mol. The average molecular weight is 448 g/mol. The lowest BCUT2D eigenvalue weighted by atomic mass is 9.82. The summed E-state index contributed by atoms with van der Waals surface area (Å²) in [6.07, 6.45) is 3.36. The summed E-state index contributed by atoms with van der Waals surface area (Å²) in [7, 11) is 0. The van der Waals surface area contributed by atoms with Crippen LogP contribution in [0.5, 0.6) is 0 Å². The Morgan fingerprint density at radius 2 is 1.94 bits per heavy atom. The number of anilines is 2. The van der Waals surface area contributed by atoms with Crippen LogP contribution in [0.4, 0.5) is 20.6 Å². The predicted octanol–water partition coefficient (Wildman–Crippen LogP) is 4.74. The van der Waals surface area contributed by atoms with E-state index in [9.17, 15) is 14.0 Å². The number of likely N-dealkylation sites (tertiary alicyclic amines) is 1. The van der Waals surface area contributed by atoms with Crippen LogP contribution < -0.4 is 10.6 Å². The maximum Gasteiger partial charge on any atom is 0.338 e. The largest absolute Gasteiger partial charge is 0.462 e. The number of carbonyl (C=O) groups excluding carboxylic acids is 2. The lowest BCUT2D eigenvalue weighted by Gasteiger charge is -2.46. The third-order valence-electron chi connectivity index (χ3n) is 6.36. The highest BCUT2D eigenvalue weighted by molar-refractivity contribution is 5.94. The van der Waals surface area contributed by atoms with Gasteiger partial charge in [0.15, 0.2) is 0 Å². The first kappa shape index (κ1) is 21.1.